The quantitative estimate of drug-likeness (QED) is 0.456. The summed E-state index contributed by atoms with van der Waals surface area (Å²) < 4.78 is 0. The zero-order valence-electron chi connectivity index (χ0n) is 3.74. The first-order chi connectivity index (χ1) is 2.24. The molecule has 0 nitrogen and oxygen atoms in total. The molecule has 4 heteroatoms. The van der Waals surface area contributed by atoms with E-state index in [1.54, 1.807) is 12.5 Å². The normalized spacial score (nSPS) is 18.8. The average molecular weight is 144 g/mol. The molecule has 0 aliphatic heterocycles. The van der Waals surface area contributed by atoms with Crippen LogP contribution < -0.4 is 0 Å². The minimum atomic E-state index is -2.41. The Morgan fingerprint density at radius 2 is 1.33 bits per heavy atom. The molecule has 0 fully saturated rings. The molecule has 0 aromatic carbocycles. The third-order valence-electron chi connectivity index (χ3n) is 0. The summed E-state index contributed by atoms with van der Waals surface area (Å²) in [5.74, 6) is 0. The predicted molar refractivity (Wildman–Crippen MR) is 36.9 cm³/mol. The maximum atomic E-state index is 5.44. The first kappa shape index (κ1) is 6.99. The van der Waals surface area contributed by atoms with Gasteiger partial charge in [0.2, 0.25) is 0 Å². The first-order valence-corrected chi connectivity index (χ1v) is 5.93. The third-order valence-corrected chi connectivity index (χ3v) is 0. The molecule has 0 heterocycles. The van der Waals surface area contributed by atoms with Crippen LogP contribution in [0.1, 0.15) is 0 Å². The Balaban J connectivity index is 4.16. The topological polar surface area (TPSA) is 0 Å². The fourth-order valence-electron chi connectivity index (χ4n) is 0. The van der Waals surface area contributed by atoms with Crippen LogP contribution >= 0.6 is 28.4 Å². The van der Waals surface area contributed by atoms with E-state index in [0.717, 1.165) is 0 Å². The molecule has 0 unspecified atom stereocenters. The van der Waals surface area contributed by atoms with Crippen molar-refractivity contribution < 1.29 is 0 Å². The number of hydrogen-bond acceptors (Lipinski definition) is 0. The molecule has 6 heavy (non-hydrogen) atoms. The van der Waals surface area contributed by atoms with Crippen LogP contribution in [0.2, 0.25) is 0 Å². The fourth-order valence-corrected chi connectivity index (χ4v) is 0. The van der Waals surface area contributed by atoms with Crippen molar-refractivity contribution in [3.63, 3.8) is 0 Å². The summed E-state index contributed by atoms with van der Waals surface area (Å²) in [6, 6.07) is 0. The summed E-state index contributed by atoms with van der Waals surface area (Å²) in [5, 5.41) is 0. The average Bonchev–Trinajstić information content (AvgIpc) is 0.650. The molecule has 0 bridgehead atoms. The summed E-state index contributed by atoms with van der Waals surface area (Å²) in [6.07, 6.45) is 3.25. The van der Waals surface area contributed by atoms with Crippen LogP contribution in [0.5, 0.6) is 0 Å². The minimum absolute atomic E-state index is 1.63. The third kappa shape index (κ3) is 80.5. The zero-order chi connectivity index (χ0) is 5.45. The maximum absolute atomic E-state index is 5.44. The molecule has 0 rings (SSSR count). The van der Waals surface area contributed by atoms with Gasteiger partial charge in [0.25, 0.3) is 0 Å². The van der Waals surface area contributed by atoms with Crippen molar-refractivity contribution in [3.8, 4) is 0 Å². The Labute approximate surface area is 48.0 Å². The number of halogens is 2. The van der Waals surface area contributed by atoms with Gasteiger partial charge < -0.3 is 0 Å². The van der Waals surface area contributed by atoms with Crippen molar-refractivity contribution in [1.29, 1.82) is 0 Å². The molecular weight excluding hydrogens is 138 g/mol. The van der Waals surface area contributed by atoms with E-state index in [9.17, 15) is 0 Å². The van der Waals surface area contributed by atoms with E-state index in [1.165, 1.54) is 0 Å². The van der Waals surface area contributed by atoms with Gasteiger partial charge in [-0.2, -0.15) is 0 Å². The van der Waals surface area contributed by atoms with E-state index >= 15 is 0 Å². The van der Waals surface area contributed by atoms with Gasteiger partial charge in [-0.05, 0) is 0 Å². The van der Waals surface area contributed by atoms with Crippen LogP contribution in [-0.4, -0.2) is 19.2 Å². The van der Waals surface area contributed by atoms with Gasteiger partial charge in [0.1, 0.15) is 0 Å². The van der Waals surface area contributed by atoms with E-state index in [2.05, 4.69) is 0 Å². The van der Waals surface area contributed by atoms with Gasteiger partial charge in [-0.3, -0.25) is 0 Å². The second kappa shape index (κ2) is 1.24. The standard InChI is InChI=1S/C2H6BCl2S/c1-6(2,3,4)5/h1-2H3. The number of rotatable bonds is 0. The Bertz CT molecular complexity index is 89.2. The monoisotopic (exact) mass is 143 g/mol. The van der Waals surface area contributed by atoms with Gasteiger partial charge >= 0.3 is 47.6 Å². The van der Waals surface area contributed by atoms with Gasteiger partial charge in [-0.25, -0.2) is 0 Å². The van der Waals surface area contributed by atoms with E-state index < -0.39 is 7.01 Å². The summed E-state index contributed by atoms with van der Waals surface area (Å²) in [7, 11) is 8.47. The molecule has 0 atom stereocenters. The molecule has 0 saturated heterocycles. The first-order valence-electron chi connectivity index (χ1n) is 1.36. The van der Waals surface area contributed by atoms with E-state index in [1.807, 2.05) is 0 Å². The summed E-state index contributed by atoms with van der Waals surface area (Å²) in [4.78, 5) is 0. The number of hydrogen-bond donors (Lipinski definition) is 0. The molecule has 0 amide bonds. The van der Waals surface area contributed by atoms with Crippen LogP contribution in [0.4, 0.5) is 0 Å². The van der Waals surface area contributed by atoms with Gasteiger partial charge in [-0.1, -0.05) is 0 Å². The summed E-state index contributed by atoms with van der Waals surface area (Å²) >= 11 is 0. The van der Waals surface area contributed by atoms with Crippen LogP contribution in [0, 0.1) is 0 Å². The molecule has 0 spiro atoms. The molecule has 0 aliphatic carbocycles. The van der Waals surface area contributed by atoms with Crippen LogP contribution in [0.15, 0.2) is 0 Å². The Morgan fingerprint density at radius 3 is 1.33 bits per heavy atom. The second-order valence-electron chi connectivity index (χ2n) is 1.73. The van der Waals surface area contributed by atoms with Crippen LogP contribution in [-0.2, 0) is 0 Å². The van der Waals surface area contributed by atoms with Crippen LogP contribution in [0.3, 0.4) is 0 Å². The molecular formula is C2H6BCl2S. The van der Waals surface area contributed by atoms with E-state index in [4.69, 9.17) is 28.1 Å². The second-order valence-corrected chi connectivity index (χ2v) is 11.4. The molecule has 0 aromatic heterocycles. The summed E-state index contributed by atoms with van der Waals surface area (Å²) in [6.45, 7) is 5.24. The molecule has 0 saturated carbocycles. The van der Waals surface area contributed by atoms with E-state index in [-0.39, 0.29) is 0 Å². The van der Waals surface area contributed by atoms with E-state index in [0.29, 0.717) is 0 Å². The van der Waals surface area contributed by atoms with Crippen molar-refractivity contribution in [2.45, 2.75) is 0 Å². The van der Waals surface area contributed by atoms with Crippen molar-refractivity contribution in [2.75, 3.05) is 12.5 Å². The predicted octanol–water partition coefficient (Wildman–Crippen LogP) is 1.98. The molecule has 1 radical (unpaired) electrons. The van der Waals surface area contributed by atoms with Crippen LogP contribution in [0.25, 0.3) is 0 Å². The zero-order valence-corrected chi connectivity index (χ0v) is 6.07. The van der Waals surface area contributed by atoms with Gasteiger partial charge in [0, 0.05) is 0 Å². The molecule has 0 N–H and O–H groups in total. The SMILES string of the molecule is [B]=S(C)(C)(Cl)Cl. The Kier molecular flexibility index (Phi) is 1.44. The molecule has 37 valence electrons. The Morgan fingerprint density at radius 1 is 1.33 bits per heavy atom. The van der Waals surface area contributed by atoms with Gasteiger partial charge in [0.15, 0.2) is 0 Å². The molecule has 0 aromatic rings. The van der Waals surface area contributed by atoms with Crippen molar-refractivity contribution in [1.82, 2.24) is 0 Å². The Hall–Kier alpha value is 0.995. The molecule has 0 aliphatic rings. The van der Waals surface area contributed by atoms with Crippen molar-refractivity contribution in [3.05, 3.63) is 0 Å². The van der Waals surface area contributed by atoms with Crippen molar-refractivity contribution >= 4 is 35.1 Å². The van der Waals surface area contributed by atoms with Gasteiger partial charge in [-0.15, -0.1) is 0 Å². The fraction of sp³-hybridized carbons (Fsp3) is 1.00. The summed E-state index contributed by atoms with van der Waals surface area (Å²) in [5.41, 5.74) is 0. The van der Waals surface area contributed by atoms with Crippen molar-refractivity contribution in [2.24, 2.45) is 0 Å². The van der Waals surface area contributed by atoms with Gasteiger partial charge in [0.05, 0.1) is 0 Å².